The zero-order valence-electron chi connectivity index (χ0n) is 24.3. The van der Waals surface area contributed by atoms with E-state index >= 15 is 0 Å². The Morgan fingerprint density at radius 2 is 2.00 bits per heavy atom. The number of benzene rings is 1. The molecule has 2 aliphatic carbocycles. The fraction of sp³-hybridized carbons (Fsp3) is 0.645. The number of nitrogens with one attached hydrogen (secondary N) is 2. The number of ether oxygens (including phenoxy) is 2. The predicted octanol–water partition coefficient (Wildman–Crippen LogP) is 4.00. The zero-order chi connectivity index (χ0) is 29.1. The molecule has 2 heterocycles. The molecule has 3 fully saturated rings. The van der Waals surface area contributed by atoms with Crippen molar-refractivity contribution in [2.45, 2.75) is 83.8 Å². The summed E-state index contributed by atoms with van der Waals surface area (Å²) in [5, 5.41) is 2.64. The van der Waals surface area contributed by atoms with Crippen LogP contribution in [0.4, 0.5) is 4.79 Å². The second-order valence-electron chi connectivity index (χ2n) is 12.0. The van der Waals surface area contributed by atoms with Gasteiger partial charge in [0.1, 0.15) is 24.1 Å². The lowest BCUT2D eigenvalue weighted by Crippen LogP contribution is -2.47. The third-order valence-electron chi connectivity index (χ3n) is 9.39. The average Bonchev–Trinajstić information content (AvgIpc) is 3.43. The van der Waals surface area contributed by atoms with Crippen LogP contribution in [0.5, 0.6) is 5.75 Å². The van der Waals surface area contributed by atoms with E-state index in [-0.39, 0.29) is 35.8 Å². The first-order chi connectivity index (χ1) is 19.8. The number of nitrogens with zero attached hydrogens (tertiary/aromatic N) is 2. The van der Waals surface area contributed by atoms with Gasteiger partial charge in [0, 0.05) is 12.6 Å². The van der Waals surface area contributed by atoms with Crippen LogP contribution in [0.3, 0.4) is 0 Å². The smallest absolute Gasteiger partial charge is 0.407 e. The topological polar surface area (TPSA) is 131 Å². The van der Waals surface area contributed by atoms with Crippen LogP contribution in [-0.4, -0.2) is 65.0 Å². The Balaban J connectivity index is 1.05. The highest BCUT2D eigenvalue weighted by Gasteiger charge is 2.54. The van der Waals surface area contributed by atoms with Crippen molar-refractivity contribution in [1.82, 2.24) is 20.2 Å². The molecule has 1 saturated heterocycles. The van der Waals surface area contributed by atoms with Crippen LogP contribution in [0, 0.1) is 23.7 Å². The number of likely N-dealkylation sites (tertiary alicyclic amines) is 1. The standard InChI is InChI=1S/C31H42N4O6/c1-4-19-12-13-35(29(19)18(2)36)28(37)17-32-31(39)41-27-15-20-14-23(20)22(27)8-6-5-7-9-25-30(38)34-26-16-21(40-3)10-11-24(26)33-25/h10-11,16,19-20,22-23,27,29H,4-9,12-15,17H2,1-3H3,(H,32,39)(H,34,38)/t19-,20?,22-,23?,27?,29-/m1/s1. The number of aromatic amines is 1. The van der Waals surface area contributed by atoms with E-state index in [1.165, 1.54) is 13.3 Å². The SMILES string of the molecule is CC[C@@H]1CCN(C(=O)CNC(=O)OC2CC3CC3[C@H]2CCCCCc2nc3ccc(OC)cc3[nH]c2=O)[C@@H]1C(C)=O. The Morgan fingerprint density at radius 1 is 1.17 bits per heavy atom. The number of hydrogen-bond acceptors (Lipinski definition) is 7. The van der Waals surface area contributed by atoms with Crippen LogP contribution in [0.1, 0.15) is 70.9 Å². The van der Waals surface area contributed by atoms with Crippen molar-refractivity contribution < 1.29 is 23.9 Å². The number of carbonyl (C=O) groups is 3. The van der Waals surface area contributed by atoms with E-state index in [1.54, 1.807) is 18.1 Å². The first-order valence-electron chi connectivity index (χ1n) is 15.1. The van der Waals surface area contributed by atoms with Crippen LogP contribution >= 0.6 is 0 Å². The lowest BCUT2D eigenvalue weighted by atomic mass is 9.93. The van der Waals surface area contributed by atoms with Gasteiger partial charge in [0.05, 0.1) is 24.2 Å². The maximum absolute atomic E-state index is 12.8. The van der Waals surface area contributed by atoms with E-state index < -0.39 is 12.1 Å². The minimum atomic E-state index is -0.556. The van der Waals surface area contributed by atoms with Crippen LogP contribution in [0.25, 0.3) is 11.0 Å². The van der Waals surface area contributed by atoms with E-state index in [4.69, 9.17) is 9.47 Å². The van der Waals surface area contributed by atoms with Gasteiger partial charge in [-0.15, -0.1) is 0 Å². The van der Waals surface area contributed by atoms with Gasteiger partial charge < -0.3 is 24.7 Å². The van der Waals surface area contributed by atoms with Crippen LogP contribution in [-0.2, 0) is 20.7 Å². The summed E-state index contributed by atoms with van der Waals surface area (Å²) >= 11 is 0. The number of Topliss-reactive ketones (excluding diaryl/α,β-unsaturated/α-hetero) is 1. The van der Waals surface area contributed by atoms with Gasteiger partial charge in [-0.3, -0.25) is 14.4 Å². The average molecular weight is 567 g/mol. The third-order valence-corrected chi connectivity index (χ3v) is 9.39. The normalized spacial score (nSPS) is 26.6. The Bertz CT molecular complexity index is 1340. The van der Waals surface area contributed by atoms with E-state index in [9.17, 15) is 19.2 Å². The first-order valence-corrected chi connectivity index (χ1v) is 15.1. The van der Waals surface area contributed by atoms with Crippen molar-refractivity contribution in [2.24, 2.45) is 23.7 Å². The summed E-state index contributed by atoms with van der Waals surface area (Å²) in [6.07, 6.45) is 7.49. The fourth-order valence-electron chi connectivity index (χ4n) is 7.14. The molecule has 0 radical (unpaired) electrons. The number of aromatic nitrogens is 2. The lowest BCUT2D eigenvalue weighted by molar-refractivity contribution is -0.137. The molecule has 3 aliphatic rings. The molecule has 41 heavy (non-hydrogen) atoms. The monoisotopic (exact) mass is 566 g/mol. The van der Waals surface area contributed by atoms with Crippen molar-refractivity contribution in [1.29, 1.82) is 0 Å². The van der Waals surface area contributed by atoms with E-state index in [1.807, 2.05) is 19.1 Å². The number of fused-ring (bicyclic) bond motifs is 2. The fourth-order valence-corrected chi connectivity index (χ4v) is 7.14. The number of unbranched alkanes of at least 4 members (excludes halogenated alkanes) is 2. The summed E-state index contributed by atoms with van der Waals surface area (Å²) in [7, 11) is 1.59. The van der Waals surface area contributed by atoms with Crippen LogP contribution in [0.2, 0.25) is 0 Å². The Labute approximate surface area is 240 Å². The molecule has 0 bridgehead atoms. The molecule has 2 N–H and O–H groups in total. The van der Waals surface area contributed by atoms with Gasteiger partial charge in [-0.1, -0.05) is 26.2 Å². The molecule has 1 aliphatic heterocycles. The van der Waals surface area contributed by atoms with Gasteiger partial charge >= 0.3 is 6.09 Å². The van der Waals surface area contributed by atoms with E-state index in [0.717, 1.165) is 50.5 Å². The molecule has 222 valence electrons. The van der Waals surface area contributed by atoms with Crippen molar-refractivity contribution in [2.75, 3.05) is 20.2 Å². The number of aryl methyl sites for hydroxylation is 1. The number of rotatable bonds is 12. The molecule has 1 aromatic carbocycles. The van der Waals surface area contributed by atoms with Crippen molar-refractivity contribution >= 4 is 28.8 Å². The molecule has 1 aromatic heterocycles. The maximum Gasteiger partial charge on any atom is 0.407 e. The lowest BCUT2D eigenvalue weighted by Gasteiger charge is -2.26. The number of amides is 2. The molecule has 2 aromatic rings. The Hall–Kier alpha value is -3.43. The number of hydrogen-bond donors (Lipinski definition) is 2. The molecule has 2 amide bonds. The molecule has 5 rings (SSSR count). The zero-order valence-corrected chi connectivity index (χ0v) is 24.3. The Morgan fingerprint density at radius 3 is 2.76 bits per heavy atom. The predicted molar refractivity (Wildman–Crippen MR) is 154 cm³/mol. The highest BCUT2D eigenvalue weighted by Crippen LogP contribution is 2.57. The molecule has 3 unspecified atom stereocenters. The quantitative estimate of drug-likeness (QED) is 0.371. The van der Waals surface area contributed by atoms with E-state index in [2.05, 4.69) is 15.3 Å². The number of ketones is 1. The highest BCUT2D eigenvalue weighted by atomic mass is 16.6. The molecule has 10 nitrogen and oxygen atoms in total. The molecule has 6 atom stereocenters. The minimum absolute atomic E-state index is 0.000304. The molecule has 0 spiro atoms. The van der Waals surface area contributed by atoms with Gasteiger partial charge in [-0.05, 0) is 81.3 Å². The number of carbonyl (C=O) groups excluding carboxylic acids is 3. The van der Waals surface area contributed by atoms with Crippen molar-refractivity contribution in [3.8, 4) is 5.75 Å². The summed E-state index contributed by atoms with van der Waals surface area (Å²) in [5.41, 5.74) is 1.80. The van der Waals surface area contributed by atoms with Gasteiger partial charge in [-0.25, -0.2) is 9.78 Å². The summed E-state index contributed by atoms with van der Waals surface area (Å²) in [5.74, 6) is 2.21. The van der Waals surface area contributed by atoms with Crippen molar-refractivity contribution in [3.63, 3.8) is 0 Å². The molecule has 10 heteroatoms. The Kier molecular flexibility index (Phi) is 8.94. The highest BCUT2D eigenvalue weighted by molar-refractivity contribution is 5.90. The first kappa shape index (κ1) is 29.1. The van der Waals surface area contributed by atoms with Gasteiger partial charge in [0.25, 0.3) is 5.56 Å². The summed E-state index contributed by atoms with van der Waals surface area (Å²) < 4.78 is 11.0. The summed E-state index contributed by atoms with van der Waals surface area (Å²) in [6, 6.07) is 5.06. The minimum Gasteiger partial charge on any atom is -0.497 e. The van der Waals surface area contributed by atoms with Crippen LogP contribution in [0.15, 0.2) is 23.0 Å². The molecular weight excluding hydrogens is 524 g/mol. The van der Waals surface area contributed by atoms with Gasteiger partial charge in [-0.2, -0.15) is 0 Å². The third kappa shape index (κ3) is 6.57. The van der Waals surface area contributed by atoms with Gasteiger partial charge in [0.15, 0.2) is 5.78 Å². The van der Waals surface area contributed by atoms with Gasteiger partial charge in [0.2, 0.25) is 5.91 Å². The maximum atomic E-state index is 12.8. The second-order valence-corrected chi connectivity index (χ2v) is 12.0. The number of H-pyrrole nitrogens is 1. The van der Waals surface area contributed by atoms with Crippen molar-refractivity contribution in [3.05, 3.63) is 34.2 Å². The number of methoxy groups -OCH3 is 1. The largest absolute Gasteiger partial charge is 0.497 e. The molecular formula is C31H42N4O6. The van der Waals surface area contributed by atoms with E-state index in [0.29, 0.717) is 47.7 Å². The summed E-state index contributed by atoms with van der Waals surface area (Å²) in [4.78, 5) is 59.1. The molecule has 2 saturated carbocycles. The van der Waals surface area contributed by atoms with Crippen LogP contribution < -0.4 is 15.6 Å². The number of alkyl carbamates (subject to hydrolysis) is 1. The second kappa shape index (κ2) is 12.6. The summed E-state index contributed by atoms with van der Waals surface area (Å²) in [6.45, 7) is 3.96.